The van der Waals surface area contributed by atoms with Crippen molar-refractivity contribution in [3.05, 3.63) is 17.7 Å². The fourth-order valence-corrected chi connectivity index (χ4v) is 4.78. The highest BCUT2D eigenvalue weighted by molar-refractivity contribution is 5.87. The summed E-state index contributed by atoms with van der Waals surface area (Å²) >= 11 is 0. The summed E-state index contributed by atoms with van der Waals surface area (Å²) in [6.07, 6.45) is 4.57. The minimum atomic E-state index is -0.0700. The van der Waals surface area contributed by atoms with E-state index < -0.39 is 0 Å². The first kappa shape index (κ1) is 23.0. The van der Waals surface area contributed by atoms with Gasteiger partial charge in [-0.25, -0.2) is 0 Å². The van der Waals surface area contributed by atoms with Crippen LogP contribution in [0.3, 0.4) is 0 Å². The maximum Gasteiger partial charge on any atom is 0.225 e. The molecule has 2 aliphatic rings. The molecule has 1 amide bonds. The maximum absolute atomic E-state index is 13.1. The van der Waals surface area contributed by atoms with Gasteiger partial charge in [-0.05, 0) is 57.5 Å². The number of anilines is 1. The number of amides is 1. The van der Waals surface area contributed by atoms with Crippen molar-refractivity contribution in [3.63, 3.8) is 0 Å². The molecule has 0 aromatic heterocycles. The van der Waals surface area contributed by atoms with Gasteiger partial charge in [-0.1, -0.05) is 13.8 Å². The van der Waals surface area contributed by atoms with Crippen molar-refractivity contribution in [1.29, 1.82) is 5.26 Å². The molecule has 2 aliphatic heterocycles. The van der Waals surface area contributed by atoms with Crippen molar-refractivity contribution >= 4 is 35.9 Å². The van der Waals surface area contributed by atoms with Gasteiger partial charge in [-0.15, -0.1) is 0 Å². The second-order valence-electron chi connectivity index (χ2n) is 8.65. The molecule has 2 fully saturated rings. The zero-order valence-electron chi connectivity index (χ0n) is 19.0. The zero-order valence-corrected chi connectivity index (χ0v) is 19.0. The summed E-state index contributed by atoms with van der Waals surface area (Å²) in [4.78, 5) is 26.3. The van der Waals surface area contributed by atoms with E-state index in [9.17, 15) is 10.1 Å². The largest absolute Gasteiger partial charge is 0.369 e. The van der Waals surface area contributed by atoms with E-state index in [0.29, 0.717) is 29.4 Å². The second-order valence-corrected chi connectivity index (χ2v) is 8.65. The van der Waals surface area contributed by atoms with Crippen LogP contribution in [-0.4, -0.2) is 62.5 Å². The summed E-state index contributed by atoms with van der Waals surface area (Å²) in [6, 6.07) is 6.14. The molecule has 0 saturated carbocycles. The number of hydrogen-bond acceptors (Lipinski definition) is 6. The first-order valence-corrected chi connectivity index (χ1v) is 11.3. The van der Waals surface area contributed by atoms with Crippen molar-refractivity contribution < 1.29 is 4.79 Å². The molecule has 2 unspecified atom stereocenters. The first-order valence-electron chi connectivity index (χ1n) is 11.3. The summed E-state index contributed by atoms with van der Waals surface area (Å²) in [6.45, 7) is 14.5. The predicted molar refractivity (Wildman–Crippen MR) is 127 cm³/mol. The number of hydrogen-bond donors (Lipinski definition) is 1. The lowest BCUT2D eigenvalue weighted by atomic mass is 9.88. The smallest absolute Gasteiger partial charge is 0.225 e. The van der Waals surface area contributed by atoms with Crippen LogP contribution < -0.4 is 10.2 Å². The molecule has 0 aliphatic carbocycles. The van der Waals surface area contributed by atoms with Crippen molar-refractivity contribution in [2.24, 2.45) is 21.8 Å². The van der Waals surface area contributed by atoms with Crippen LogP contribution in [-0.2, 0) is 4.79 Å². The van der Waals surface area contributed by atoms with Crippen LogP contribution in [0, 0.1) is 23.2 Å². The quantitative estimate of drug-likeness (QED) is 0.709. The molecule has 1 N–H and O–H groups in total. The van der Waals surface area contributed by atoms with E-state index in [1.165, 1.54) is 0 Å². The summed E-state index contributed by atoms with van der Waals surface area (Å²) in [5.41, 5.74) is 2.51. The molecule has 2 saturated heterocycles. The average molecular weight is 423 g/mol. The van der Waals surface area contributed by atoms with E-state index in [1.807, 2.05) is 13.0 Å². The van der Waals surface area contributed by atoms with E-state index in [-0.39, 0.29) is 17.9 Å². The molecule has 1 aromatic rings. The number of likely N-dealkylation sites (tertiary alicyclic amines) is 1. The Labute approximate surface area is 185 Å². The number of carbonyl (C=O) groups excluding carboxylic acids is 1. The Balaban J connectivity index is 1.77. The molecule has 31 heavy (non-hydrogen) atoms. The molecular weight excluding hydrogens is 388 g/mol. The van der Waals surface area contributed by atoms with Gasteiger partial charge < -0.3 is 15.1 Å². The second kappa shape index (κ2) is 10.5. The average Bonchev–Trinajstić information content (AvgIpc) is 2.79. The molecule has 0 bridgehead atoms. The van der Waals surface area contributed by atoms with Crippen LogP contribution in [0.25, 0.3) is 0 Å². The number of carbonyl (C=O) groups is 1. The normalized spacial score (nSPS) is 23.0. The van der Waals surface area contributed by atoms with Crippen LogP contribution in [0.1, 0.15) is 45.6 Å². The number of aliphatic imine (C=N–C) groups is 2. The molecule has 1 aromatic carbocycles. The van der Waals surface area contributed by atoms with E-state index in [4.69, 9.17) is 0 Å². The van der Waals surface area contributed by atoms with E-state index >= 15 is 0 Å². The summed E-state index contributed by atoms with van der Waals surface area (Å²) < 4.78 is 0. The predicted octanol–water partition coefficient (Wildman–Crippen LogP) is 3.68. The fraction of sp³-hybridized carbons (Fsp3) is 0.583. The Bertz CT molecular complexity index is 866. The summed E-state index contributed by atoms with van der Waals surface area (Å²) in [7, 11) is 0. The lowest BCUT2D eigenvalue weighted by Crippen LogP contribution is -2.50. The number of benzene rings is 1. The Morgan fingerprint density at radius 2 is 2.06 bits per heavy atom. The highest BCUT2D eigenvalue weighted by atomic mass is 16.2. The number of nitrogens with one attached hydrogen (secondary N) is 1. The van der Waals surface area contributed by atoms with Crippen molar-refractivity contribution in [1.82, 2.24) is 10.2 Å². The number of nitrogens with zero attached hydrogens (tertiary/aromatic N) is 5. The molecule has 7 heteroatoms. The van der Waals surface area contributed by atoms with Crippen LogP contribution in [0.4, 0.5) is 17.1 Å². The molecule has 7 nitrogen and oxygen atoms in total. The van der Waals surface area contributed by atoms with Crippen molar-refractivity contribution in [2.75, 3.05) is 37.6 Å². The third-order valence-corrected chi connectivity index (χ3v) is 6.42. The van der Waals surface area contributed by atoms with Gasteiger partial charge in [0.2, 0.25) is 5.91 Å². The van der Waals surface area contributed by atoms with Gasteiger partial charge in [0.05, 0.1) is 17.2 Å². The summed E-state index contributed by atoms with van der Waals surface area (Å²) in [5, 5.41) is 12.8. The highest BCUT2D eigenvalue weighted by Gasteiger charge is 2.32. The van der Waals surface area contributed by atoms with E-state index in [0.717, 1.165) is 51.1 Å². The Hall–Kier alpha value is -2.72. The fourth-order valence-electron chi connectivity index (χ4n) is 4.78. The van der Waals surface area contributed by atoms with Gasteiger partial charge in [-0.2, -0.15) is 5.26 Å². The third-order valence-electron chi connectivity index (χ3n) is 6.42. The van der Waals surface area contributed by atoms with Crippen LogP contribution in [0.15, 0.2) is 22.1 Å². The van der Waals surface area contributed by atoms with Crippen LogP contribution in [0.2, 0.25) is 0 Å². The molecular formula is C24H34N6O. The Kier molecular flexibility index (Phi) is 7.80. The summed E-state index contributed by atoms with van der Waals surface area (Å²) in [5.74, 6) is 0.456. The van der Waals surface area contributed by atoms with E-state index in [1.54, 1.807) is 12.3 Å². The SMILES string of the molecule is C=Nc1c(N2CC(C)CC(C(=O)NC3CCN(CC)CC3)C2)ccc(C#N)c1N=CC. The third kappa shape index (κ3) is 5.31. The molecule has 3 rings (SSSR count). The molecule has 2 heterocycles. The molecule has 0 radical (unpaired) electrons. The molecule has 2 atom stereocenters. The highest BCUT2D eigenvalue weighted by Crippen LogP contribution is 2.42. The van der Waals surface area contributed by atoms with Gasteiger partial charge in [0.25, 0.3) is 0 Å². The topological polar surface area (TPSA) is 84.1 Å². The van der Waals surface area contributed by atoms with Gasteiger partial charge in [0.1, 0.15) is 17.4 Å². The molecule has 0 spiro atoms. The standard InChI is InChI=1S/C24H34N6O/c1-5-27-22-18(14-25)7-8-21(23(22)26-4)30-15-17(3)13-19(16-30)24(31)28-20-9-11-29(6-2)12-10-20/h5,7-8,17,19-20H,4,6,9-13,15-16H2,1-3H3,(H,28,31). The number of nitriles is 1. The molecule has 166 valence electrons. The minimum absolute atomic E-state index is 0.0700. The zero-order chi connectivity index (χ0) is 22.4. The first-order chi connectivity index (χ1) is 15.0. The van der Waals surface area contributed by atoms with Gasteiger partial charge in [0, 0.05) is 38.4 Å². The lowest BCUT2D eigenvalue weighted by Gasteiger charge is -2.39. The van der Waals surface area contributed by atoms with Gasteiger partial charge in [0.15, 0.2) is 0 Å². The maximum atomic E-state index is 13.1. The number of rotatable bonds is 6. The Morgan fingerprint density at radius 3 is 2.68 bits per heavy atom. The Morgan fingerprint density at radius 1 is 1.32 bits per heavy atom. The van der Waals surface area contributed by atoms with Crippen molar-refractivity contribution in [3.8, 4) is 6.07 Å². The van der Waals surface area contributed by atoms with Gasteiger partial charge in [-0.3, -0.25) is 14.8 Å². The number of piperidine rings is 2. The van der Waals surface area contributed by atoms with E-state index in [2.05, 4.69) is 51.7 Å². The van der Waals surface area contributed by atoms with Gasteiger partial charge >= 0.3 is 0 Å². The minimum Gasteiger partial charge on any atom is -0.369 e. The van der Waals surface area contributed by atoms with Crippen LogP contribution >= 0.6 is 0 Å². The monoisotopic (exact) mass is 422 g/mol. The van der Waals surface area contributed by atoms with Crippen LogP contribution in [0.5, 0.6) is 0 Å². The lowest BCUT2D eigenvalue weighted by molar-refractivity contribution is -0.126. The van der Waals surface area contributed by atoms with Crippen molar-refractivity contribution in [2.45, 2.75) is 46.1 Å².